The van der Waals surface area contributed by atoms with Crippen LogP contribution >= 0.6 is 34.4 Å². The molecular formula is C12H17IN2OS. The van der Waals surface area contributed by atoms with E-state index in [0.717, 1.165) is 20.6 Å². The fourth-order valence-corrected chi connectivity index (χ4v) is 2.51. The van der Waals surface area contributed by atoms with Crippen molar-refractivity contribution >= 4 is 45.9 Å². The zero-order chi connectivity index (χ0) is 12.8. The summed E-state index contributed by atoms with van der Waals surface area (Å²) in [7, 11) is 0. The van der Waals surface area contributed by atoms with Gasteiger partial charge < -0.3 is 11.1 Å². The van der Waals surface area contributed by atoms with E-state index < -0.39 is 6.04 Å². The Morgan fingerprint density at radius 3 is 2.88 bits per heavy atom. The van der Waals surface area contributed by atoms with Crippen molar-refractivity contribution in [2.75, 3.05) is 17.3 Å². The Balaban J connectivity index is 2.61. The molecule has 0 unspecified atom stereocenters. The van der Waals surface area contributed by atoms with E-state index in [9.17, 15) is 4.79 Å². The monoisotopic (exact) mass is 364 g/mol. The first-order chi connectivity index (χ1) is 8.04. The quantitative estimate of drug-likeness (QED) is 0.790. The second-order valence-electron chi connectivity index (χ2n) is 3.84. The maximum Gasteiger partial charge on any atom is 0.241 e. The highest BCUT2D eigenvalue weighted by atomic mass is 127. The zero-order valence-corrected chi connectivity index (χ0v) is 13.0. The molecule has 0 aliphatic rings. The highest BCUT2D eigenvalue weighted by Crippen LogP contribution is 2.18. The Morgan fingerprint density at radius 1 is 1.59 bits per heavy atom. The summed E-state index contributed by atoms with van der Waals surface area (Å²) < 4.78 is 1.16. The molecule has 3 N–H and O–H groups in total. The van der Waals surface area contributed by atoms with E-state index in [0.29, 0.717) is 6.42 Å². The van der Waals surface area contributed by atoms with E-state index >= 15 is 0 Å². The van der Waals surface area contributed by atoms with Crippen LogP contribution in [0.15, 0.2) is 18.2 Å². The molecule has 0 spiro atoms. The summed E-state index contributed by atoms with van der Waals surface area (Å²) in [5.74, 6) is 0.795. The lowest BCUT2D eigenvalue weighted by Crippen LogP contribution is -2.36. The molecule has 0 bridgehead atoms. The lowest BCUT2D eigenvalue weighted by atomic mass is 10.1. The van der Waals surface area contributed by atoms with Crippen molar-refractivity contribution in [3.63, 3.8) is 0 Å². The van der Waals surface area contributed by atoms with Crippen LogP contribution < -0.4 is 11.1 Å². The number of hydrogen-bond donors (Lipinski definition) is 2. The van der Waals surface area contributed by atoms with Crippen LogP contribution in [0.5, 0.6) is 0 Å². The lowest BCUT2D eigenvalue weighted by molar-refractivity contribution is -0.117. The predicted octanol–water partition coefficient (Wildman–Crippen LogP) is 2.62. The van der Waals surface area contributed by atoms with Gasteiger partial charge in [0.15, 0.2) is 0 Å². The summed E-state index contributed by atoms with van der Waals surface area (Å²) in [5, 5.41) is 2.87. The van der Waals surface area contributed by atoms with Crippen molar-refractivity contribution in [1.82, 2.24) is 0 Å². The lowest BCUT2D eigenvalue weighted by Gasteiger charge is -2.13. The number of thioether (sulfide) groups is 1. The van der Waals surface area contributed by atoms with E-state index in [4.69, 9.17) is 5.73 Å². The number of carbonyl (C=O) groups excluding carboxylic acids is 1. The van der Waals surface area contributed by atoms with Crippen molar-refractivity contribution in [2.45, 2.75) is 19.4 Å². The summed E-state index contributed by atoms with van der Waals surface area (Å²) in [6, 6.07) is 5.48. The van der Waals surface area contributed by atoms with Crippen LogP contribution in [-0.4, -0.2) is 24.0 Å². The molecule has 5 heteroatoms. The number of anilines is 1. The Morgan fingerprint density at radius 2 is 2.29 bits per heavy atom. The van der Waals surface area contributed by atoms with Crippen molar-refractivity contribution in [1.29, 1.82) is 0 Å². The molecule has 0 heterocycles. The first-order valence-corrected chi connectivity index (χ1v) is 7.83. The number of benzene rings is 1. The van der Waals surface area contributed by atoms with Gasteiger partial charge in [-0.15, -0.1) is 0 Å². The summed E-state index contributed by atoms with van der Waals surface area (Å²) in [6.07, 6.45) is 2.71. The van der Waals surface area contributed by atoms with Gasteiger partial charge >= 0.3 is 0 Å². The molecule has 1 atom stereocenters. The van der Waals surface area contributed by atoms with E-state index in [1.165, 1.54) is 0 Å². The van der Waals surface area contributed by atoms with Crippen molar-refractivity contribution in [3.05, 3.63) is 27.3 Å². The van der Waals surface area contributed by atoms with Gasteiger partial charge in [-0.1, -0.05) is 0 Å². The van der Waals surface area contributed by atoms with Crippen molar-refractivity contribution in [3.8, 4) is 0 Å². The third-order valence-corrected chi connectivity index (χ3v) is 3.73. The molecule has 0 saturated carbocycles. The number of halogens is 1. The first-order valence-electron chi connectivity index (χ1n) is 5.36. The van der Waals surface area contributed by atoms with Gasteiger partial charge in [0.2, 0.25) is 5.91 Å². The molecular weight excluding hydrogens is 347 g/mol. The number of rotatable bonds is 5. The molecule has 0 aliphatic carbocycles. The van der Waals surface area contributed by atoms with Crippen LogP contribution in [0, 0.1) is 10.5 Å². The van der Waals surface area contributed by atoms with Crippen LogP contribution in [0.25, 0.3) is 0 Å². The summed E-state index contributed by atoms with van der Waals surface area (Å²) in [4.78, 5) is 11.8. The second kappa shape index (κ2) is 7.23. The smallest absolute Gasteiger partial charge is 0.241 e. The number of hydrogen-bond acceptors (Lipinski definition) is 3. The average Bonchev–Trinajstić information content (AvgIpc) is 2.29. The SMILES string of the molecule is CSCC[C@H](N)C(=O)Nc1ccc(I)cc1C. The van der Waals surface area contributed by atoms with Crippen molar-refractivity contribution in [2.24, 2.45) is 5.73 Å². The highest BCUT2D eigenvalue weighted by molar-refractivity contribution is 14.1. The van der Waals surface area contributed by atoms with Gasteiger partial charge in [-0.05, 0) is 71.7 Å². The number of nitrogens with one attached hydrogen (secondary N) is 1. The van der Waals surface area contributed by atoms with Gasteiger partial charge in [0.25, 0.3) is 0 Å². The molecule has 94 valence electrons. The third kappa shape index (κ3) is 4.85. The molecule has 0 fully saturated rings. The minimum Gasteiger partial charge on any atom is -0.324 e. The van der Waals surface area contributed by atoms with E-state index in [2.05, 4.69) is 27.9 Å². The van der Waals surface area contributed by atoms with E-state index in [-0.39, 0.29) is 5.91 Å². The maximum atomic E-state index is 11.8. The average molecular weight is 364 g/mol. The van der Waals surface area contributed by atoms with Crippen molar-refractivity contribution < 1.29 is 4.79 Å². The predicted molar refractivity (Wildman–Crippen MR) is 83.5 cm³/mol. The minimum atomic E-state index is -0.430. The molecule has 0 radical (unpaired) electrons. The molecule has 1 amide bonds. The topological polar surface area (TPSA) is 55.1 Å². The van der Waals surface area contributed by atoms with Gasteiger partial charge in [0.1, 0.15) is 0 Å². The number of nitrogens with two attached hydrogens (primary N) is 1. The third-order valence-electron chi connectivity index (χ3n) is 2.42. The van der Waals surface area contributed by atoms with E-state index in [1.54, 1.807) is 11.8 Å². The molecule has 0 aliphatic heterocycles. The first kappa shape index (κ1) is 14.8. The number of carbonyl (C=O) groups is 1. The summed E-state index contributed by atoms with van der Waals surface area (Å²) >= 11 is 3.95. The minimum absolute atomic E-state index is 0.108. The summed E-state index contributed by atoms with van der Waals surface area (Å²) in [5.41, 5.74) is 7.70. The van der Waals surface area contributed by atoms with Crippen LogP contribution in [0.4, 0.5) is 5.69 Å². The van der Waals surface area contributed by atoms with Crippen LogP contribution in [0.1, 0.15) is 12.0 Å². The highest BCUT2D eigenvalue weighted by Gasteiger charge is 2.13. The largest absolute Gasteiger partial charge is 0.324 e. The molecule has 3 nitrogen and oxygen atoms in total. The van der Waals surface area contributed by atoms with Gasteiger partial charge in [-0.25, -0.2) is 0 Å². The molecule has 0 aromatic heterocycles. The molecule has 17 heavy (non-hydrogen) atoms. The Kier molecular flexibility index (Phi) is 6.29. The van der Waals surface area contributed by atoms with Gasteiger partial charge in [0, 0.05) is 9.26 Å². The second-order valence-corrected chi connectivity index (χ2v) is 6.07. The molecule has 1 aromatic carbocycles. The van der Waals surface area contributed by atoms with E-state index in [1.807, 2.05) is 31.4 Å². The van der Waals surface area contributed by atoms with Gasteiger partial charge in [-0.3, -0.25) is 4.79 Å². The van der Waals surface area contributed by atoms with Crippen LogP contribution in [0.3, 0.4) is 0 Å². The standard InChI is InChI=1S/C12H17IN2OS/c1-8-7-9(13)3-4-11(8)15-12(16)10(14)5-6-17-2/h3-4,7,10H,5-6,14H2,1-2H3,(H,15,16)/t10-/m0/s1. The Hall–Kier alpha value is -0.270. The molecule has 0 saturated heterocycles. The fraction of sp³-hybridized carbons (Fsp3) is 0.417. The Labute approximate surface area is 120 Å². The van der Waals surface area contributed by atoms with Gasteiger partial charge in [-0.2, -0.15) is 11.8 Å². The number of aryl methyl sites for hydroxylation is 1. The fourth-order valence-electron chi connectivity index (χ4n) is 1.37. The maximum absolute atomic E-state index is 11.8. The van der Waals surface area contributed by atoms with Crippen LogP contribution in [-0.2, 0) is 4.79 Å². The van der Waals surface area contributed by atoms with Crippen LogP contribution in [0.2, 0.25) is 0 Å². The molecule has 1 rings (SSSR count). The molecule has 1 aromatic rings. The number of amides is 1. The normalized spacial score (nSPS) is 12.2. The summed E-state index contributed by atoms with van der Waals surface area (Å²) in [6.45, 7) is 1.98. The zero-order valence-electron chi connectivity index (χ0n) is 10.00. The van der Waals surface area contributed by atoms with Gasteiger partial charge in [0.05, 0.1) is 6.04 Å². The Bertz CT molecular complexity index is 398.